The second-order valence-electron chi connectivity index (χ2n) is 4.53. The van der Waals surface area contributed by atoms with E-state index < -0.39 is 11.9 Å². The van der Waals surface area contributed by atoms with Crippen molar-refractivity contribution in [2.45, 2.75) is 0 Å². The summed E-state index contributed by atoms with van der Waals surface area (Å²) in [6.45, 7) is 0. The molecular formula is C16H14N4O3S. The molecule has 3 aromatic rings. The first-order valence-electron chi connectivity index (χ1n) is 6.72. The lowest BCUT2D eigenvalue weighted by atomic mass is 10.2. The first-order chi connectivity index (χ1) is 11.5. The summed E-state index contributed by atoms with van der Waals surface area (Å²) in [5.74, 6) is -1.49. The number of anilines is 1. The molecule has 1 aromatic carbocycles. The molecule has 0 unspecified atom stereocenters. The molecule has 0 radical (unpaired) electrons. The highest BCUT2D eigenvalue weighted by Gasteiger charge is 2.09. The molecule has 0 saturated heterocycles. The van der Waals surface area contributed by atoms with Gasteiger partial charge in [-0.25, -0.2) is 9.78 Å². The number of nitrogens with two attached hydrogens (primary N) is 2. The number of aromatic carboxylic acids is 1. The van der Waals surface area contributed by atoms with E-state index in [9.17, 15) is 9.59 Å². The summed E-state index contributed by atoms with van der Waals surface area (Å²) in [6.07, 6.45) is 3.30. The monoisotopic (exact) mass is 342 g/mol. The summed E-state index contributed by atoms with van der Waals surface area (Å²) < 4.78 is 0. The van der Waals surface area contributed by atoms with Crippen LogP contribution in [0.1, 0.15) is 20.8 Å². The number of nitrogen functional groups attached to an aromatic ring is 1. The maximum Gasteiger partial charge on any atom is 0.355 e. The van der Waals surface area contributed by atoms with Gasteiger partial charge in [0.25, 0.3) is 5.91 Å². The molecule has 7 nitrogen and oxygen atoms in total. The van der Waals surface area contributed by atoms with Crippen molar-refractivity contribution in [3.63, 3.8) is 0 Å². The Kier molecular flexibility index (Phi) is 5.58. The van der Waals surface area contributed by atoms with E-state index in [0.717, 1.165) is 5.56 Å². The maximum atomic E-state index is 10.6. The predicted molar refractivity (Wildman–Crippen MR) is 91.7 cm³/mol. The lowest BCUT2D eigenvalue weighted by molar-refractivity contribution is 0.0691. The molecule has 0 aliphatic carbocycles. The largest absolute Gasteiger partial charge is 0.476 e. The Morgan fingerprint density at radius 3 is 2.25 bits per heavy atom. The number of carboxylic acids is 1. The number of hydrogen-bond donors (Lipinski definition) is 3. The molecule has 0 bridgehead atoms. The third-order valence-corrected chi connectivity index (χ3v) is 3.77. The van der Waals surface area contributed by atoms with Crippen molar-refractivity contribution in [1.29, 1.82) is 0 Å². The number of amides is 1. The molecule has 0 aliphatic rings. The average Bonchev–Trinajstić information content (AvgIpc) is 3.07. The van der Waals surface area contributed by atoms with Crippen molar-refractivity contribution in [2.75, 3.05) is 5.73 Å². The fourth-order valence-corrected chi connectivity index (χ4v) is 2.52. The number of thiazole rings is 1. The van der Waals surface area contributed by atoms with E-state index in [4.69, 9.17) is 16.6 Å². The van der Waals surface area contributed by atoms with Gasteiger partial charge in [-0.15, -0.1) is 11.3 Å². The number of carboxylic acid groups (broad SMARTS) is 1. The van der Waals surface area contributed by atoms with Crippen LogP contribution in [0.15, 0.2) is 54.2 Å². The molecule has 5 N–H and O–H groups in total. The number of aromatic nitrogens is 2. The smallest absolute Gasteiger partial charge is 0.355 e. The van der Waals surface area contributed by atoms with Crippen molar-refractivity contribution in [2.24, 2.45) is 5.73 Å². The van der Waals surface area contributed by atoms with E-state index in [1.165, 1.54) is 16.7 Å². The van der Waals surface area contributed by atoms with Crippen LogP contribution in [0, 0.1) is 0 Å². The lowest BCUT2D eigenvalue weighted by Crippen LogP contribution is -2.12. The Balaban J connectivity index is 0.000000185. The van der Waals surface area contributed by atoms with Crippen LogP contribution < -0.4 is 11.5 Å². The summed E-state index contributed by atoms with van der Waals surface area (Å²) in [6, 6.07) is 10.3. The van der Waals surface area contributed by atoms with E-state index in [1.54, 1.807) is 48.8 Å². The SMILES string of the molecule is NC(=O)c1ccccc1N.O=C(O)c1csc(-c2ccncc2)n1. The summed E-state index contributed by atoms with van der Waals surface area (Å²) in [7, 11) is 0. The average molecular weight is 342 g/mol. The molecule has 0 saturated carbocycles. The van der Waals surface area contributed by atoms with Gasteiger partial charge in [0, 0.05) is 29.0 Å². The first-order valence-corrected chi connectivity index (χ1v) is 7.60. The number of carbonyl (C=O) groups is 2. The topological polar surface area (TPSA) is 132 Å². The second kappa shape index (κ2) is 7.84. The number of benzene rings is 1. The molecule has 0 fully saturated rings. The second-order valence-corrected chi connectivity index (χ2v) is 5.39. The van der Waals surface area contributed by atoms with Crippen molar-refractivity contribution in [3.8, 4) is 10.6 Å². The molecule has 0 spiro atoms. The summed E-state index contributed by atoms with van der Waals surface area (Å²) in [4.78, 5) is 29.0. The van der Waals surface area contributed by atoms with Gasteiger partial charge in [-0.05, 0) is 24.3 Å². The summed E-state index contributed by atoms with van der Waals surface area (Å²) >= 11 is 1.31. The highest BCUT2D eigenvalue weighted by molar-refractivity contribution is 7.13. The molecule has 2 heterocycles. The van der Waals surface area contributed by atoms with Crippen LogP contribution in [0.25, 0.3) is 10.6 Å². The first kappa shape index (κ1) is 17.1. The van der Waals surface area contributed by atoms with Gasteiger partial charge in [0.2, 0.25) is 0 Å². The lowest BCUT2D eigenvalue weighted by Gasteiger charge is -1.97. The van der Waals surface area contributed by atoms with Crippen LogP contribution in [0.3, 0.4) is 0 Å². The molecule has 2 aromatic heterocycles. The molecule has 0 aliphatic heterocycles. The van der Waals surface area contributed by atoms with Gasteiger partial charge in [0.1, 0.15) is 5.01 Å². The van der Waals surface area contributed by atoms with Crippen LogP contribution in [0.2, 0.25) is 0 Å². The van der Waals surface area contributed by atoms with Gasteiger partial charge in [-0.1, -0.05) is 12.1 Å². The highest BCUT2D eigenvalue weighted by Crippen LogP contribution is 2.22. The standard InChI is InChI=1S/C9H6N2O2S.C7H8N2O/c12-9(13)7-5-14-8(11-7)6-1-3-10-4-2-6;8-6-4-2-1-3-5(6)7(9)10/h1-5H,(H,12,13);1-4H,8H2,(H2,9,10). The van der Waals surface area contributed by atoms with Crippen LogP contribution in [-0.4, -0.2) is 27.0 Å². The van der Waals surface area contributed by atoms with Gasteiger partial charge < -0.3 is 16.6 Å². The Bertz CT molecular complexity index is 849. The minimum atomic E-state index is -0.999. The maximum absolute atomic E-state index is 10.6. The number of primary amides is 1. The van der Waals surface area contributed by atoms with Crippen molar-refractivity contribution < 1.29 is 14.7 Å². The number of pyridine rings is 1. The van der Waals surface area contributed by atoms with E-state index in [2.05, 4.69) is 9.97 Å². The number of para-hydroxylation sites is 1. The Morgan fingerprint density at radius 2 is 1.75 bits per heavy atom. The highest BCUT2D eigenvalue weighted by atomic mass is 32.1. The van der Waals surface area contributed by atoms with Gasteiger partial charge in [-0.2, -0.15) is 0 Å². The summed E-state index contributed by atoms with van der Waals surface area (Å²) in [5, 5.41) is 10.9. The van der Waals surface area contributed by atoms with Gasteiger partial charge in [0.15, 0.2) is 5.69 Å². The third kappa shape index (κ3) is 4.37. The fourth-order valence-electron chi connectivity index (χ4n) is 1.72. The van der Waals surface area contributed by atoms with Crippen LogP contribution in [0.5, 0.6) is 0 Å². The van der Waals surface area contributed by atoms with Gasteiger partial charge in [-0.3, -0.25) is 9.78 Å². The van der Waals surface area contributed by atoms with Crippen molar-refractivity contribution in [1.82, 2.24) is 9.97 Å². The zero-order valence-electron chi connectivity index (χ0n) is 12.4. The van der Waals surface area contributed by atoms with Crippen molar-refractivity contribution >= 4 is 28.9 Å². The van der Waals surface area contributed by atoms with E-state index >= 15 is 0 Å². The van der Waals surface area contributed by atoms with Crippen LogP contribution >= 0.6 is 11.3 Å². The number of rotatable bonds is 3. The Hall–Kier alpha value is -3.26. The zero-order chi connectivity index (χ0) is 17.5. The molecular weight excluding hydrogens is 328 g/mol. The Morgan fingerprint density at radius 1 is 1.08 bits per heavy atom. The summed E-state index contributed by atoms with van der Waals surface area (Å²) in [5.41, 5.74) is 12.2. The third-order valence-electron chi connectivity index (χ3n) is 2.88. The molecule has 122 valence electrons. The number of hydrogen-bond acceptors (Lipinski definition) is 6. The molecule has 3 rings (SSSR count). The zero-order valence-corrected chi connectivity index (χ0v) is 13.2. The normalized spacial score (nSPS) is 9.67. The minimum absolute atomic E-state index is 0.0850. The molecule has 0 atom stereocenters. The quantitative estimate of drug-likeness (QED) is 0.625. The van der Waals surface area contributed by atoms with E-state index in [-0.39, 0.29) is 5.69 Å². The number of nitrogens with zero attached hydrogens (tertiary/aromatic N) is 2. The van der Waals surface area contributed by atoms with Gasteiger partial charge >= 0.3 is 5.97 Å². The Labute approximate surface area is 141 Å². The van der Waals surface area contributed by atoms with E-state index in [1.807, 2.05) is 0 Å². The molecule has 1 amide bonds. The van der Waals surface area contributed by atoms with Crippen molar-refractivity contribution in [3.05, 3.63) is 65.4 Å². The molecule has 24 heavy (non-hydrogen) atoms. The fraction of sp³-hybridized carbons (Fsp3) is 0. The van der Waals surface area contributed by atoms with Gasteiger partial charge in [0.05, 0.1) is 5.56 Å². The van der Waals surface area contributed by atoms with Crippen LogP contribution in [-0.2, 0) is 0 Å². The minimum Gasteiger partial charge on any atom is -0.476 e. The molecule has 8 heteroatoms. The van der Waals surface area contributed by atoms with E-state index in [0.29, 0.717) is 16.3 Å². The predicted octanol–water partition coefficient (Wildman–Crippen LogP) is 2.27. The van der Waals surface area contributed by atoms with Crippen LogP contribution in [0.4, 0.5) is 5.69 Å². The number of carbonyl (C=O) groups excluding carboxylic acids is 1.